The van der Waals surface area contributed by atoms with Gasteiger partial charge in [0.2, 0.25) is 0 Å². The fourth-order valence-electron chi connectivity index (χ4n) is 2.58. The van der Waals surface area contributed by atoms with Crippen LogP contribution in [0.3, 0.4) is 0 Å². The summed E-state index contributed by atoms with van der Waals surface area (Å²) in [7, 11) is 0. The Morgan fingerprint density at radius 3 is 2.26 bits per heavy atom. The molecule has 2 N–H and O–H groups in total. The van der Waals surface area contributed by atoms with Gasteiger partial charge in [-0.2, -0.15) is 0 Å². The molecule has 19 heavy (non-hydrogen) atoms. The largest absolute Gasteiger partial charge is 0.322 e. The molecule has 2 nitrogen and oxygen atoms in total. The molecule has 0 saturated heterocycles. The molecule has 2 rings (SSSR count). The summed E-state index contributed by atoms with van der Waals surface area (Å²) in [6, 6.07) is 6.53. The molecule has 0 aliphatic heterocycles. The molecule has 0 spiro atoms. The number of aromatic nitrogens is 1. The van der Waals surface area contributed by atoms with Crippen molar-refractivity contribution in [2.75, 3.05) is 0 Å². The molecule has 0 aliphatic carbocycles. The minimum Gasteiger partial charge on any atom is -0.322 e. The molecule has 0 amide bonds. The van der Waals surface area contributed by atoms with Crippen molar-refractivity contribution in [3.8, 4) is 0 Å². The van der Waals surface area contributed by atoms with E-state index >= 15 is 0 Å². The lowest BCUT2D eigenvalue weighted by Gasteiger charge is -2.24. The summed E-state index contributed by atoms with van der Waals surface area (Å²) in [5.41, 5.74) is 11.9. The maximum atomic E-state index is 6.37. The van der Waals surface area contributed by atoms with E-state index in [1.807, 2.05) is 0 Å². The number of aryl methyl sites for hydroxylation is 2. The van der Waals surface area contributed by atoms with Crippen LogP contribution < -0.4 is 5.73 Å². The van der Waals surface area contributed by atoms with E-state index in [2.05, 4.69) is 59.7 Å². The normalized spacial score (nSPS) is 12.4. The number of fused-ring (bicyclic) bond motifs is 1. The van der Waals surface area contributed by atoms with Gasteiger partial charge in [-0.25, -0.2) is 0 Å². The van der Waals surface area contributed by atoms with Crippen molar-refractivity contribution in [2.24, 2.45) is 5.73 Å². The summed E-state index contributed by atoms with van der Waals surface area (Å²) in [6.45, 7) is 12.7. The quantitative estimate of drug-likeness (QED) is 0.876. The summed E-state index contributed by atoms with van der Waals surface area (Å²) in [5.74, 6) is 0.409. The highest BCUT2D eigenvalue weighted by molar-refractivity contribution is 5.87. The van der Waals surface area contributed by atoms with Crippen molar-refractivity contribution in [3.63, 3.8) is 0 Å². The van der Waals surface area contributed by atoms with Crippen LogP contribution in [0.2, 0.25) is 0 Å². The topological polar surface area (TPSA) is 38.9 Å². The molecule has 102 valence electrons. The molecule has 0 fully saturated rings. The minimum atomic E-state index is -0.356. The fraction of sp³-hybridized carbons (Fsp3) is 0.471. The van der Waals surface area contributed by atoms with E-state index in [0.29, 0.717) is 5.92 Å². The van der Waals surface area contributed by atoms with Crippen molar-refractivity contribution in [2.45, 2.75) is 53.0 Å². The van der Waals surface area contributed by atoms with Crippen molar-refractivity contribution in [1.82, 2.24) is 4.98 Å². The Kier molecular flexibility index (Phi) is 3.40. The number of rotatable bonds is 2. The van der Waals surface area contributed by atoms with Gasteiger partial charge < -0.3 is 5.73 Å². The van der Waals surface area contributed by atoms with Crippen LogP contribution in [0.1, 0.15) is 56.0 Å². The first-order chi connectivity index (χ1) is 8.70. The Balaban J connectivity index is 2.91. The molecule has 2 aromatic rings. The van der Waals surface area contributed by atoms with Gasteiger partial charge in [-0.3, -0.25) is 4.98 Å². The van der Waals surface area contributed by atoms with Gasteiger partial charge in [0.15, 0.2) is 0 Å². The lowest BCUT2D eigenvalue weighted by Crippen LogP contribution is -2.29. The third-order valence-corrected chi connectivity index (χ3v) is 3.56. The third kappa shape index (κ3) is 2.64. The second-order valence-corrected chi connectivity index (χ2v) is 6.45. The van der Waals surface area contributed by atoms with Gasteiger partial charge >= 0.3 is 0 Å². The monoisotopic (exact) mass is 256 g/mol. The minimum absolute atomic E-state index is 0.356. The Morgan fingerprint density at radius 1 is 1.11 bits per heavy atom. The molecular weight excluding hydrogens is 232 g/mol. The Bertz CT molecular complexity index is 619. The van der Waals surface area contributed by atoms with Crippen LogP contribution >= 0.6 is 0 Å². The summed E-state index contributed by atoms with van der Waals surface area (Å²) < 4.78 is 0. The summed E-state index contributed by atoms with van der Waals surface area (Å²) in [4.78, 5) is 4.81. The molecule has 1 aromatic heterocycles. The number of hydrogen-bond donors (Lipinski definition) is 1. The van der Waals surface area contributed by atoms with Crippen molar-refractivity contribution in [3.05, 3.63) is 40.6 Å². The number of nitrogens with zero attached hydrogens (tertiary/aromatic N) is 1. The number of nitrogens with two attached hydrogens (primary N) is 1. The van der Waals surface area contributed by atoms with Crippen molar-refractivity contribution < 1.29 is 0 Å². The average Bonchev–Trinajstić information content (AvgIpc) is 2.25. The molecule has 0 bridgehead atoms. The first-order valence-corrected chi connectivity index (χ1v) is 6.91. The van der Waals surface area contributed by atoms with Crippen LogP contribution in [0.15, 0.2) is 18.2 Å². The first kappa shape index (κ1) is 14.0. The van der Waals surface area contributed by atoms with E-state index in [-0.39, 0.29) is 5.54 Å². The van der Waals surface area contributed by atoms with Gasteiger partial charge in [0.1, 0.15) is 0 Å². The molecule has 1 aromatic carbocycles. The van der Waals surface area contributed by atoms with Crippen molar-refractivity contribution >= 4 is 10.9 Å². The van der Waals surface area contributed by atoms with Crippen LogP contribution in [0.4, 0.5) is 0 Å². The number of benzene rings is 1. The van der Waals surface area contributed by atoms with Crippen LogP contribution in [0.5, 0.6) is 0 Å². The zero-order valence-corrected chi connectivity index (χ0v) is 12.8. The van der Waals surface area contributed by atoms with Gasteiger partial charge in [0.25, 0.3) is 0 Å². The van der Waals surface area contributed by atoms with Gasteiger partial charge in [-0.1, -0.05) is 19.9 Å². The molecule has 0 unspecified atom stereocenters. The van der Waals surface area contributed by atoms with Gasteiger partial charge in [-0.15, -0.1) is 0 Å². The van der Waals surface area contributed by atoms with Crippen LogP contribution in [-0.4, -0.2) is 4.98 Å². The predicted octanol–water partition coefficient (Wildman–Crippen LogP) is 4.17. The van der Waals surface area contributed by atoms with Crippen molar-refractivity contribution in [1.29, 1.82) is 0 Å². The second-order valence-electron chi connectivity index (χ2n) is 6.45. The van der Waals surface area contributed by atoms with Gasteiger partial charge in [-0.05, 0) is 62.4 Å². The van der Waals surface area contributed by atoms with E-state index in [9.17, 15) is 0 Å². The van der Waals surface area contributed by atoms with Gasteiger partial charge in [0.05, 0.1) is 5.52 Å². The molecule has 0 aliphatic rings. The highest BCUT2D eigenvalue weighted by Gasteiger charge is 2.21. The van der Waals surface area contributed by atoms with Gasteiger partial charge in [0, 0.05) is 16.6 Å². The molecule has 1 heterocycles. The maximum absolute atomic E-state index is 6.37. The second kappa shape index (κ2) is 4.61. The first-order valence-electron chi connectivity index (χ1n) is 6.91. The third-order valence-electron chi connectivity index (χ3n) is 3.56. The molecule has 0 radical (unpaired) electrons. The van der Waals surface area contributed by atoms with E-state index in [1.165, 1.54) is 22.1 Å². The zero-order valence-electron chi connectivity index (χ0n) is 12.8. The Hall–Kier alpha value is -1.41. The summed E-state index contributed by atoms with van der Waals surface area (Å²) in [5, 5.41) is 1.21. The molecule has 2 heteroatoms. The smallest absolute Gasteiger partial charge is 0.0714 e. The molecule has 0 saturated carbocycles. The van der Waals surface area contributed by atoms with Crippen LogP contribution in [-0.2, 0) is 5.54 Å². The average molecular weight is 256 g/mol. The summed E-state index contributed by atoms with van der Waals surface area (Å²) in [6.07, 6.45) is 0. The molecule has 0 atom stereocenters. The van der Waals surface area contributed by atoms with Crippen LogP contribution in [0, 0.1) is 13.8 Å². The Labute approximate surface area is 116 Å². The number of pyridine rings is 1. The van der Waals surface area contributed by atoms with E-state index < -0.39 is 0 Å². The SMILES string of the molecule is Cc1cc(C)c2c(C(C)(C)N)cc(C(C)C)nc2c1. The van der Waals surface area contributed by atoms with E-state index in [1.54, 1.807) is 0 Å². The highest BCUT2D eigenvalue weighted by Crippen LogP contribution is 2.31. The molecular formula is C17H24N2. The van der Waals surface area contributed by atoms with E-state index in [0.717, 1.165) is 11.2 Å². The Morgan fingerprint density at radius 2 is 1.74 bits per heavy atom. The number of hydrogen-bond acceptors (Lipinski definition) is 2. The predicted molar refractivity (Wildman–Crippen MR) is 82.5 cm³/mol. The highest BCUT2D eigenvalue weighted by atomic mass is 14.7. The standard InChI is InChI=1S/C17H24N2/c1-10(2)14-9-13(17(5,6)18)16-12(4)7-11(3)8-15(16)19-14/h7-10H,18H2,1-6H3. The summed E-state index contributed by atoms with van der Waals surface area (Å²) >= 11 is 0. The zero-order chi connectivity index (χ0) is 14.4. The lowest BCUT2D eigenvalue weighted by molar-refractivity contribution is 0.557. The van der Waals surface area contributed by atoms with Crippen LogP contribution in [0.25, 0.3) is 10.9 Å². The van der Waals surface area contributed by atoms with E-state index in [4.69, 9.17) is 10.7 Å². The lowest BCUT2D eigenvalue weighted by atomic mass is 9.88. The fourth-order valence-corrected chi connectivity index (χ4v) is 2.58. The maximum Gasteiger partial charge on any atom is 0.0714 e.